The first kappa shape index (κ1) is 10.5. The molecule has 0 aromatic heterocycles. The Bertz CT molecular complexity index is 276. The van der Waals surface area contributed by atoms with Gasteiger partial charge in [-0.2, -0.15) is 0 Å². The fourth-order valence-corrected chi connectivity index (χ4v) is 2.09. The van der Waals surface area contributed by atoms with Gasteiger partial charge in [0.05, 0.1) is 0 Å². The zero-order valence-electron chi connectivity index (χ0n) is 9.23. The van der Waals surface area contributed by atoms with Gasteiger partial charge in [0.2, 0.25) is 0 Å². The van der Waals surface area contributed by atoms with Gasteiger partial charge >= 0.3 is 0 Å². The number of piperazine rings is 1. The Hall–Kier alpha value is -1.02. The Morgan fingerprint density at radius 1 is 1.00 bits per heavy atom. The van der Waals surface area contributed by atoms with E-state index in [1.54, 1.807) is 0 Å². The van der Waals surface area contributed by atoms with Crippen molar-refractivity contribution in [1.82, 2.24) is 4.90 Å². The molecule has 0 unspecified atom stereocenters. The lowest BCUT2D eigenvalue weighted by Gasteiger charge is -2.35. The molecule has 1 aliphatic heterocycles. The zero-order chi connectivity index (χ0) is 10.5. The van der Waals surface area contributed by atoms with Gasteiger partial charge in [0.1, 0.15) is 0 Å². The van der Waals surface area contributed by atoms with Crippen molar-refractivity contribution in [2.45, 2.75) is 6.42 Å². The summed E-state index contributed by atoms with van der Waals surface area (Å²) in [7, 11) is 0. The van der Waals surface area contributed by atoms with Crippen LogP contribution in [0, 0.1) is 6.92 Å². The van der Waals surface area contributed by atoms with Crippen molar-refractivity contribution < 1.29 is 0 Å². The summed E-state index contributed by atoms with van der Waals surface area (Å²) in [5.74, 6) is 0. The summed E-state index contributed by atoms with van der Waals surface area (Å²) in [6.45, 7) is 9.67. The number of hydrogen-bond acceptors (Lipinski definition) is 2. The standard InChI is InChI=1S/C13H19N2/c1-2-8-14-9-11-15(12-10-14)13-6-4-3-5-7-13/h3-7H,1-2,8-12H2. The molecule has 2 nitrogen and oxygen atoms in total. The fourth-order valence-electron chi connectivity index (χ4n) is 2.09. The molecule has 0 spiro atoms. The Morgan fingerprint density at radius 2 is 1.67 bits per heavy atom. The molecule has 0 N–H and O–H groups in total. The van der Waals surface area contributed by atoms with Crippen molar-refractivity contribution in [1.29, 1.82) is 0 Å². The summed E-state index contributed by atoms with van der Waals surface area (Å²) < 4.78 is 0. The van der Waals surface area contributed by atoms with Crippen LogP contribution in [0.15, 0.2) is 30.3 Å². The second-order valence-electron chi connectivity index (χ2n) is 4.02. The Balaban J connectivity index is 1.88. The lowest BCUT2D eigenvalue weighted by Crippen LogP contribution is -2.46. The Labute approximate surface area is 92.5 Å². The van der Waals surface area contributed by atoms with Crippen LogP contribution in [0.4, 0.5) is 5.69 Å². The Morgan fingerprint density at radius 3 is 2.27 bits per heavy atom. The van der Waals surface area contributed by atoms with E-state index in [1.807, 2.05) is 0 Å². The van der Waals surface area contributed by atoms with Crippen molar-refractivity contribution in [3.05, 3.63) is 37.3 Å². The highest BCUT2D eigenvalue weighted by molar-refractivity contribution is 5.46. The molecule has 0 saturated carbocycles. The van der Waals surface area contributed by atoms with Crippen LogP contribution in [-0.2, 0) is 0 Å². The summed E-state index contributed by atoms with van der Waals surface area (Å²) in [4.78, 5) is 4.95. The van der Waals surface area contributed by atoms with Crippen LogP contribution in [0.1, 0.15) is 6.42 Å². The maximum atomic E-state index is 3.90. The summed E-state index contributed by atoms with van der Waals surface area (Å²) in [5.41, 5.74) is 1.35. The van der Waals surface area contributed by atoms with E-state index in [2.05, 4.69) is 47.1 Å². The molecule has 0 atom stereocenters. The number of benzene rings is 1. The molecule has 2 heteroatoms. The summed E-state index contributed by atoms with van der Waals surface area (Å²) in [6.07, 6.45) is 1.02. The van der Waals surface area contributed by atoms with Crippen LogP contribution in [0.25, 0.3) is 0 Å². The first-order valence-corrected chi connectivity index (χ1v) is 5.72. The molecule has 1 aromatic rings. The average Bonchev–Trinajstić information content (AvgIpc) is 2.32. The van der Waals surface area contributed by atoms with Gasteiger partial charge in [-0.25, -0.2) is 0 Å². The molecule has 2 rings (SSSR count). The summed E-state index contributed by atoms with van der Waals surface area (Å²) in [5, 5.41) is 0. The monoisotopic (exact) mass is 203 g/mol. The van der Waals surface area contributed by atoms with Gasteiger partial charge in [-0.15, -0.1) is 0 Å². The molecule has 0 amide bonds. The Kier molecular flexibility index (Phi) is 3.62. The largest absolute Gasteiger partial charge is 0.369 e. The van der Waals surface area contributed by atoms with E-state index in [4.69, 9.17) is 0 Å². The average molecular weight is 203 g/mol. The van der Waals surface area contributed by atoms with E-state index in [1.165, 1.54) is 18.8 Å². The minimum atomic E-state index is 1.02. The van der Waals surface area contributed by atoms with Gasteiger partial charge < -0.3 is 4.90 Å². The second-order valence-corrected chi connectivity index (χ2v) is 4.02. The van der Waals surface area contributed by atoms with Gasteiger partial charge in [-0.1, -0.05) is 25.1 Å². The highest BCUT2D eigenvalue weighted by atomic mass is 15.3. The van der Waals surface area contributed by atoms with Crippen molar-refractivity contribution in [2.24, 2.45) is 0 Å². The lowest BCUT2D eigenvalue weighted by atomic mass is 10.2. The van der Waals surface area contributed by atoms with E-state index < -0.39 is 0 Å². The molecule has 0 aliphatic carbocycles. The van der Waals surface area contributed by atoms with E-state index in [-0.39, 0.29) is 0 Å². The van der Waals surface area contributed by atoms with Gasteiger partial charge in [-0.3, -0.25) is 4.90 Å². The van der Waals surface area contributed by atoms with Gasteiger partial charge in [0.15, 0.2) is 0 Å². The van der Waals surface area contributed by atoms with E-state index in [0.717, 1.165) is 26.1 Å². The van der Waals surface area contributed by atoms with Gasteiger partial charge in [0, 0.05) is 31.9 Å². The highest BCUT2D eigenvalue weighted by Gasteiger charge is 2.15. The molecule has 1 fully saturated rings. The molecule has 1 aromatic carbocycles. The van der Waals surface area contributed by atoms with Crippen LogP contribution in [0.3, 0.4) is 0 Å². The number of nitrogens with zero attached hydrogens (tertiary/aromatic N) is 2. The highest BCUT2D eigenvalue weighted by Crippen LogP contribution is 2.15. The topological polar surface area (TPSA) is 6.48 Å². The minimum absolute atomic E-state index is 1.02. The maximum absolute atomic E-state index is 3.90. The molecule has 1 radical (unpaired) electrons. The zero-order valence-corrected chi connectivity index (χ0v) is 9.23. The van der Waals surface area contributed by atoms with Gasteiger partial charge in [-0.05, 0) is 25.1 Å². The van der Waals surface area contributed by atoms with Crippen LogP contribution in [0.2, 0.25) is 0 Å². The molecule has 1 heterocycles. The number of anilines is 1. The molecule has 15 heavy (non-hydrogen) atoms. The van der Waals surface area contributed by atoms with Crippen molar-refractivity contribution in [3.8, 4) is 0 Å². The van der Waals surface area contributed by atoms with E-state index in [9.17, 15) is 0 Å². The maximum Gasteiger partial charge on any atom is 0.0367 e. The summed E-state index contributed by atoms with van der Waals surface area (Å²) in [6, 6.07) is 10.7. The summed E-state index contributed by atoms with van der Waals surface area (Å²) >= 11 is 0. The first-order valence-electron chi connectivity index (χ1n) is 5.72. The molecular formula is C13H19N2. The second kappa shape index (κ2) is 5.17. The van der Waals surface area contributed by atoms with Crippen LogP contribution in [-0.4, -0.2) is 37.6 Å². The number of para-hydroxylation sites is 1. The van der Waals surface area contributed by atoms with Gasteiger partial charge in [0.25, 0.3) is 0 Å². The molecule has 1 aliphatic rings. The van der Waals surface area contributed by atoms with E-state index in [0.29, 0.717) is 0 Å². The number of hydrogen-bond donors (Lipinski definition) is 0. The molecule has 81 valence electrons. The van der Waals surface area contributed by atoms with E-state index >= 15 is 0 Å². The molecule has 1 saturated heterocycles. The number of rotatable bonds is 3. The van der Waals surface area contributed by atoms with Crippen LogP contribution in [0.5, 0.6) is 0 Å². The molecular weight excluding hydrogens is 184 g/mol. The SMILES string of the molecule is [CH2]CCN1CCN(c2ccccc2)CC1. The van der Waals surface area contributed by atoms with Crippen molar-refractivity contribution in [2.75, 3.05) is 37.6 Å². The van der Waals surface area contributed by atoms with Crippen LogP contribution >= 0.6 is 0 Å². The smallest absolute Gasteiger partial charge is 0.0367 e. The molecule has 0 bridgehead atoms. The third-order valence-electron chi connectivity index (χ3n) is 2.97. The third kappa shape index (κ3) is 2.72. The first-order chi connectivity index (χ1) is 7.40. The predicted octanol–water partition coefficient (Wildman–Crippen LogP) is 2.03. The van der Waals surface area contributed by atoms with Crippen molar-refractivity contribution in [3.63, 3.8) is 0 Å². The lowest BCUT2D eigenvalue weighted by molar-refractivity contribution is 0.262. The normalized spacial score (nSPS) is 18.1. The third-order valence-corrected chi connectivity index (χ3v) is 2.97. The minimum Gasteiger partial charge on any atom is -0.369 e. The quantitative estimate of drug-likeness (QED) is 0.741. The fraction of sp³-hybridized carbons (Fsp3) is 0.462. The predicted molar refractivity (Wildman–Crippen MR) is 65.1 cm³/mol. The van der Waals surface area contributed by atoms with Crippen LogP contribution < -0.4 is 4.90 Å². The van der Waals surface area contributed by atoms with Crippen molar-refractivity contribution >= 4 is 5.69 Å².